The first-order valence-electron chi connectivity index (χ1n) is 12.6. The molecule has 2 nitrogen and oxygen atoms in total. The molecule has 0 aromatic carbocycles. The van der Waals surface area contributed by atoms with Crippen molar-refractivity contribution in [2.24, 2.45) is 0 Å². The summed E-state index contributed by atoms with van der Waals surface area (Å²) in [4.78, 5) is 0. The Kier molecular flexibility index (Phi) is 25.8. The summed E-state index contributed by atoms with van der Waals surface area (Å²) in [6, 6.07) is 0. The van der Waals surface area contributed by atoms with Crippen molar-refractivity contribution in [3.8, 4) is 0 Å². The minimum Gasteiger partial charge on any atom is -0.379 e. The van der Waals surface area contributed by atoms with Gasteiger partial charge in [0.1, 0.15) is 0 Å². The Hall–Kier alpha value is -0.0800. The Morgan fingerprint density at radius 2 is 0.556 bits per heavy atom. The zero-order valence-corrected chi connectivity index (χ0v) is 19.1. The van der Waals surface area contributed by atoms with Gasteiger partial charge >= 0.3 is 0 Å². The zero-order valence-electron chi connectivity index (χ0n) is 19.1. The highest BCUT2D eigenvalue weighted by atomic mass is 16.5. The number of rotatable bonds is 24. The van der Waals surface area contributed by atoms with Crippen molar-refractivity contribution < 1.29 is 9.47 Å². The van der Waals surface area contributed by atoms with Crippen LogP contribution in [0.25, 0.3) is 0 Å². The maximum absolute atomic E-state index is 5.63. The third-order valence-corrected chi connectivity index (χ3v) is 5.41. The van der Waals surface area contributed by atoms with Crippen molar-refractivity contribution in [3.63, 3.8) is 0 Å². The molecule has 0 radical (unpaired) electrons. The Morgan fingerprint density at radius 1 is 0.296 bits per heavy atom. The zero-order chi connectivity index (χ0) is 19.7. The smallest absolute Gasteiger partial charge is 0.0700 e. The third-order valence-electron chi connectivity index (χ3n) is 5.41. The molecule has 164 valence electrons. The second kappa shape index (κ2) is 25.9. The SMILES string of the molecule is CCCCCCCCCCCCCCCCCCOCCOCCCCC. The molecule has 2 heteroatoms. The molecule has 0 fully saturated rings. The predicted molar refractivity (Wildman–Crippen MR) is 121 cm³/mol. The van der Waals surface area contributed by atoms with E-state index in [1.165, 1.54) is 122 Å². The van der Waals surface area contributed by atoms with Gasteiger partial charge in [0.25, 0.3) is 0 Å². The van der Waals surface area contributed by atoms with Crippen LogP contribution < -0.4 is 0 Å². The van der Waals surface area contributed by atoms with Crippen LogP contribution in [0.4, 0.5) is 0 Å². The molecule has 0 rings (SSSR count). The molecule has 0 aliphatic heterocycles. The van der Waals surface area contributed by atoms with Gasteiger partial charge in [0.2, 0.25) is 0 Å². The van der Waals surface area contributed by atoms with Crippen LogP contribution in [-0.2, 0) is 9.47 Å². The molecule has 0 unspecified atom stereocenters. The van der Waals surface area contributed by atoms with E-state index in [1.807, 2.05) is 0 Å². The lowest BCUT2D eigenvalue weighted by atomic mass is 10.0. The summed E-state index contributed by atoms with van der Waals surface area (Å²) in [5, 5.41) is 0. The molecule has 0 saturated carbocycles. The van der Waals surface area contributed by atoms with Gasteiger partial charge in [0, 0.05) is 13.2 Å². The molecular formula is C25H52O2. The molecule has 0 amide bonds. The van der Waals surface area contributed by atoms with Crippen molar-refractivity contribution in [2.45, 2.75) is 136 Å². The van der Waals surface area contributed by atoms with E-state index in [4.69, 9.17) is 9.47 Å². The molecule has 0 aromatic heterocycles. The van der Waals surface area contributed by atoms with Crippen molar-refractivity contribution in [1.82, 2.24) is 0 Å². The fourth-order valence-corrected chi connectivity index (χ4v) is 3.53. The van der Waals surface area contributed by atoms with Gasteiger partial charge in [0.05, 0.1) is 13.2 Å². The van der Waals surface area contributed by atoms with Crippen molar-refractivity contribution in [3.05, 3.63) is 0 Å². The first-order valence-corrected chi connectivity index (χ1v) is 12.6. The van der Waals surface area contributed by atoms with E-state index in [0.717, 1.165) is 26.4 Å². The molecule has 0 spiro atoms. The van der Waals surface area contributed by atoms with Crippen LogP contribution in [0.2, 0.25) is 0 Å². The quantitative estimate of drug-likeness (QED) is 0.155. The van der Waals surface area contributed by atoms with Crippen LogP contribution >= 0.6 is 0 Å². The highest BCUT2D eigenvalue weighted by Gasteiger charge is 1.95. The first-order chi connectivity index (χ1) is 13.4. The topological polar surface area (TPSA) is 18.5 Å². The highest BCUT2D eigenvalue weighted by Crippen LogP contribution is 2.13. The summed E-state index contributed by atoms with van der Waals surface area (Å²) in [7, 11) is 0. The Bertz CT molecular complexity index is 218. The number of hydrogen-bond acceptors (Lipinski definition) is 2. The van der Waals surface area contributed by atoms with E-state index in [-0.39, 0.29) is 0 Å². The van der Waals surface area contributed by atoms with Gasteiger partial charge < -0.3 is 9.47 Å². The van der Waals surface area contributed by atoms with Crippen LogP contribution in [0.15, 0.2) is 0 Å². The average molecular weight is 385 g/mol. The van der Waals surface area contributed by atoms with Gasteiger partial charge in [-0.2, -0.15) is 0 Å². The molecule has 0 saturated heterocycles. The van der Waals surface area contributed by atoms with Gasteiger partial charge in [-0.05, 0) is 12.8 Å². The molecular weight excluding hydrogens is 332 g/mol. The highest BCUT2D eigenvalue weighted by molar-refractivity contribution is 4.50. The summed E-state index contributed by atoms with van der Waals surface area (Å²) in [5.41, 5.74) is 0. The monoisotopic (exact) mass is 384 g/mol. The maximum atomic E-state index is 5.63. The van der Waals surface area contributed by atoms with Crippen molar-refractivity contribution >= 4 is 0 Å². The fraction of sp³-hybridized carbons (Fsp3) is 1.00. The summed E-state index contributed by atoms with van der Waals surface area (Å²) in [5.74, 6) is 0. The molecule has 0 aromatic rings. The molecule has 0 heterocycles. The largest absolute Gasteiger partial charge is 0.379 e. The summed E-state index contributed by atoms with van der Waals surface area (Å²) >= 11 is 0. The molecule has 0 N–H and O–H groups in total. The van der Waals surface area contributed by atoms with E-state index in [2.05, 4.69) is 13.8 Å². The van der Waals surface area contributed by atoms with Gasteiger partial charge in [0.15, 0.2) is 0 Å². The van der Waals surface area contributed by atoms with Gasteiger partial charge in [-0.1, -0.05) is 123 Å². The maximum Gasteiger partial charge on any atom is 0.0700 e. The number of ether oxygens (including phenoxy) is 2. The Balaban J connectivity index is 2.95. The lowest BCUT2D eigenvalue weighted by molar-refractivity contribution is 0.0449. The average Bonchev–Trinajstić information content (AvgIpc) is 2.68. The number of unbranched alkanes of at least 4 members (excludes halogenated alkanes) is 17. The normalized spacial score (nSPS) is 11.3. The summed E-state index contributed by atoms with van der Waals surface area (Å²) in [6.07, 6.45) is 26.5. The van der Waals surface area contributed by atoms with Crippen molar-refractivity contribution in [1.29, 1.82) is 0 Å². The lowest BCUT2D eigenvalue weighted by Gasteiger charge is -2.06. The predicted octanol–water partition coefficient (Wildman–Crippen LogP) is 8.47. The van der Waals surface area contributed by atoms with E-state index in [0.29, 0.717) is 0 Å². The third kappa shape index (κ3) is 25.9. The standard InChI is InChI=1S/C25H52O2/c1-3-5-7-8-9-10-11-12-13-14-15-16-17-18-19-21-23-27-25-24-26-22-20-6-4-2/h3-25H2,1-2H3. The van der Waals surface area contributed by atoms with Crippen LogP contribution in [0, 0.1) is 0 Å². The minimum absolute atomic E-state index is 0.766. The molecule has 0 bridgehead atoms. The van der Waals surface area contributed by atoms with Crippen LogP contribution in [0.3, 0.4) is 0 Å². The first kappa shape index (κ1) is 26.9. The molecule has 0 aliphatic rings. The van der Waals surface area contributed by atoms with E-state index >= 15 is 0 Å². The molecule has 0 atom stereocenters. The van der Waals surface area contributed by atoms with Gasteiger partial charge in [-0.3, -0.25) is 0 Å². The van der Waals surface area contributed by atoms with Crippen molar-refractivity contribution in [2.75, 3.05) is 26.4 Å². The van der Waals surface area contributed by atoms with E-state index in [1.54, 1.807) is 0 Å². The van der Waals surface area contributed by atoms with E-state index < -0.39 is 0 Å². The van der Waals surface area contributed by atoms with Crippen LogP contribution in [0.1, 0.15) is 136 Å². The lowest BCUT2D eigenvalue weighted by Crippen LogP contribution is -2.06. The van der Waals surface area contributed by atoms with Crippen LogP contribution in [-0.4, -0.2) is 26.4 Å². The van der Waals surface area contributed by atoms with Crippen LogP contribution in [0.5, 0.6) is 0 Å². The minimum atomic E-state index is 0.766. The fourth-order valence-electron chi connectivity index (χ4n) is 3.53. The Labute approximate surface area is 172 Å². The second-order valence-electron chi connectivity index (χ2n) is 8.24. The number of hydrogen-bond donors (Lipinski definition) is 0. The Morgan fingerprint density at radius 3 is 0.926 bits per heavy atom. The van der Waals surface area contributed by atoms with Gasteiger partial charge in [-0.25, -0.2) is 0 Å². The van der Waals surface area contributed by atoms with Gasteiger partial charge in [-0.15, -0.1) is 0 Å². The molecule has 0 aliphatic carbocycles. The second-order valence-corrected chi connectivity index (χ2v) is 8.24. The summed E-state index contributed by atoms with van der Waals surface area (Å²) < 4.78 is 11.2. The van der Waals surface area contributed by atoms with E-state index in [9.17, 15) is 0 Å². The summed E-state index contributed by atoms with van der Waals surface area (Å²) in [6.45, 7) is 7.86. The molecule has 27 heavy (non-hydrogen) atoms.